The Morgan fingerprint density at radius 1 is 1.21 bits per heavy atom. The topological polar surface area (TPSA) is 116 Å². The van der Waals surface area contributed by atoms with Gasteiger partial charge in [0.1, 0.15) is 17.3 Å². The Morgan fingerprint density at radius 2 is 2.03 bits per heavy atom. The van der Waals surface area contributed by atoms with Crippen molar-refractivity contribution in [1.82, 2.24) is 20.4 Å². The number of carbonyl (C=O) groups is 1. The molecule has 5 rings (SSSR count). The van der Waals surface area contributed by atoms with E-state index in [4.69, 9.17) is 14.5 Å². The van der Waals surface area contributed by atoms with Crippen molar-refractivity contribution in [1.29, 1.82) is 0 Å². The highest BCUT2D eigenvalue weighted by molar-refractivity contribution is 6.08. The minimum Gasteiger partial charge on any atom is -0.495 e. The van der Waals surface area contributed by atoms with E-state index in [0.717, 1.165) is 51.5 Å². The molecule has 2 fully saturated rings. The van der Waals surface area contributed by atoms with Crippen LogP contribution in [0.25, 0.3) is 0 Å². The first-order chi connectivity index (χ1) is 16.2. The number of nitrogens with one attached hydrogen (secondary N) is 4. The van der Waals surface area contributed by atoms with Gasteiger partial charge in [-0.15, -0.1) is 0 Å². The Hall–Kier alpha value is -3.11. The average Bonchev–Trinajstić information content (AvgIpc) is 3.46. The minimum absolute atomic E-state index is 0.263. The first-order valence-electron chi connectivity index (χ1n) is 11.6. The molecule has 10 heteroatoms. The Balaban J connectivity index is 1.19. The molecular weight excluding hydrogens is 422 g/mol. The van der Waals surface area contributed by atoms with Gasteiger partial charge in [-0.25, -0.2) is 4.79 Å². The summed E-state index contributed by atoms with van der Waals surface area (Å²) in [6.07, 6.45) is 4.96. The van der Waals surface area contributed by atoms with Gasteiger partial charge in [0.2, 0.25) is 0 Å². The summed E-state index contributed by atoms with van der Waals surface area (Å²) in [4.78, 5) is 20.0. The van der Waals surface area contributed by atoms with E-state index in [2.05, 4.69) is 31.0 Å². The number of urea groups is 1. The number of amides is 2. The van der Waals surface area contributed by atoms with Gasteiger partial charge in [-0.05, 0) is 37.3 Å². The van der Waals surface area contributed by atoms with Gasteiger partial charge in [-0.1, -0.05) is 12.1 Å². The summed E-state index contributed by atoms with van der Waals surface area (Å²) in [5.74, 6) is 2.03. The van der Waals surface area contributed by atoms with E-state index in [-0.39, 0.29) is 12.1 Å². The van der Waals surface area contributed by atoms with Gasteiger partial charge in [0.15, 0.2) is 0 Å². The number of hydrogen-bond donors (Lipinski definition) is 4. The third-order valence-corrected chi connectivity index (χ3v) is 6.64. The van der Waals surface area contributed by atoms with Crippen LogP contribution < -0.4 is 20.7 Å². The van der Waals surface area contributed by atoms with E-state index < -0.39 is 0 Å². The molecule has 1 saturated carbocycles. The zero-order valence-corrected chi connectivity index (χ0v) is 18.8. The van der Waals surface area contributed by atoms with Crippen molar-refractivity contribution in [2.45, 2.75) is 31.3 Å². The summed E-state index contributed by atoms with van der Waals surface area (Å²) in [6.45, 7) is 4.86. The molecule has 3 heterocycles. The molecule has 2 aromatic rings. The van der Waals surface area contributed by atoms with Crippen molar-refractivity contribution >= 4 is 23.2 Å². The molecule has 0 bridgehead atoms. The van der Waals surface area contributed by atoms with E-state index in [0.29, 0.717) is 34.8 Å². The van der Waals surface area contributed by atoms with Crippen molar-refractivity contribution < 1.29 is 14.3 Å². The predicted molar refractivity (Wildman–Crippen MR) is 126 cm³/mol. The zero-order chi connectivity index (χ0) is 22.6. The number of fused-ring (bicyclic) bond motifs is 1. The maximum Gasteiger partial charge on any atom is 0.323 e. The van der Waals surface area contributed by atoms with Crippen LogP contribution in [0, 0.1) is 5.92 Å². The number of rotatable bonds is 6. The second-order valence-electron chi connectivity index (χ2n) is 8.83. The van der Waals surface area contributed by atoms with Crippen LogP contribution in [0.4, 0.5) is 16.2 Å². The number of benzene rings is 1. The molecule has 3 atom stereocenters. The predicted octanol–water partition coefficient (Wildman–Crippen LogP) is 2.28. The summed E-state index contributed by atoms with van der Waals surface area (Å²) in [5, 5.41) is 16.4. The molecule has 33 heavy (non-hydrogen) atoms. The van der Waals surface area contributed by atoms with Crippen LogP contribution in [0.1, 0.15) is 25.0 Å². The second-order valence-corrected chi connectivity index (χ2v) is 8.83. The number of aromatic amines is 1. The van der Waals surface area contributed by atoms with E-state index in [1.807, 2.05) is 12.1 Å². The summed E-state index contributed by atoms with van der Waals surface area (Å²) in [7, 11) is 1.57. The molecule has 4 N–H and O–H groups in total. The molecule has 10 nitrogen and oxygen atoms in total. The SMILES string of the molecule is COc1ccccc1NC(=O)Nc1cn[nH]c1C1=NC2CCC(CN3CCOCC3)C[C@@H]2N1. The van der Waals surface area contributed by atoms with Crippen LogP contribution in [-0.2, 0) is 4.74 Å². The van der Waals surface area contributed by atoms with Crippen LogP contribution in [0.5, 0.6) is 5.75 Å². The monoisotopic (exact) mass is 453 g/mol. The lowest BCUT2D eigenvalue weighted by Crippen LogP contribution is -2.45. The number of morpholine rings is 1. The van der Waals surface area contributed by atoms with E-state index in [1.54, 1.807) is 25.4 Å². The highest BCUT2D eigenvalue weighted by atomic mass is 16.5. The third-order valence-electron chi connectivity index (χ3n) is 6.64. The lowest BCUT2D eigenvalue weighted by molar-refractivity contribution is 0.0266. The van der Waals surface area contributed by atoms with Gasteiger partial charge in [0, 0.05) is 19.6 Å². The number of ether oxygens (including phenoxy) is 2. The highest BCUT2D eigenvalue weighted by Gasteiger charge is 2.37. The Labute approximate surface area is 193 Å². The average molecular weight is 454 g/mol. The Kier molecular flexibility index (Phi) is 6.45. The van der Waals surface area contributed by atoms with Crippen molar-refractivity contribution in [2.24, 2.45) is 10.9 Å². The number of carbonyl (C=O) groups excluding carboxylic acids is 1. The molecule has 0 spiro atoms. The maximum absolute atomic E-state index is 12.6. The number of nitrogens with zero attached hydrogens (tertiary/aromatic N) is 3. The molecule has 1 aromatic carbocycles. The Morgan fingerprint density at radius 3 is 2.88 bits per heavy atom. The normalized spacial score (nSPS) is 25.0. The van der Waals surface area contributed by atoms with E-state index in [9.17, 15) is 4.79 Å². The molecule has 1 saturated heterocycles. The molecule has 2 aliphatic heterocycles. The fraction of sp³-hybridized carbons (Fsp3) is 0.522. The molecule has 176 valence electrons. The number of amidine groups is 1. The van der Waals surface area contributed by atoms with E-state index in [1.165, 1.54) is 6.42 Å². The van der Waals surface area contributed by atoms with Crippen LogP contribution in [0.3, 0.4) is 0 Å². The second kappa shape index (κ2) is 9.80. The zero-order valence-electron chi connectivity index (χ0n) is 18.8. The molecule has 1 aliphatic carbocycles. The van der Waals surface area contributed by atoms with Gasteiger partial charge >= 0.3 is 6.03 Å². The van der Waals surface area contributed by atoms with Gasteiger partial charge in [-0.2, -0.15) is 5.10 Å². The fourth-order valence-electron chi connectivity index (χ4n) is 4.97. The van der Waals surface area contributed by atoms with Crippen LogP contribution in [-0.4, -0.2) is 79.0 Å². The molecule has 2 amide bonds. The number of H-pyrrole nitrogens is 1. The fourth-order valence-corrected chi connectivity index (χ4v) is 4.97. The summed E-state index contributed by atoms with van der Waals surface area (Å²) in [5.41, 5.74) is 1.87. The summed E-state index contributed by atoms with van der Waals surface area (Å²) < 4.78 is 10.8. The van der Waals surface area contributed by atoms with Crippen LogP contribution in [0.2, 0.25) is 0 Å². The molecule has 1 aromatic heterocycles. The molecule has 0 radical (unpaired) electrons. The van der Waals surface area contributed by atoms with Gasteiger partial charge in [-0.3, -0.25) is 15.0 Å². The number of anilines is 2. The van der Waals surface area contributed by atoms with Crippen molar-refractivity contribution in [3.05, 3.63) is 36.2 Å². The number of methoxy groups -OCH3 is 1. The van der Waals surface area contributed by atoms with Crippen molar-refractivity contribution in [2.75, 3.05) is 50.6 Å². The lowest BCUT2D eigenvalue weighted by Gasteiger charge is -2.35. The highest BCUT2D eigenvalue weighted by Crippen LogP contribution is 2.32. The van der Waals surface area contributed by atoms with Gasteiger partial charge in [0.25, 0.3) is 0 Å². The first-order valence-corrected chi connectivity index (χ1v) is 11.6. The standard InChI is InChI=1S/C23H31N7O3/c1-32-20-5-3-2-4-17(20)27-23(31)28-19-13-24-29-21(19)22-25-16-7-6-15(12-18(16)26-22)14-30-8-10-33-11-9-30/h2-5,13,15-16,18H,6-12,14H2,1H3,(H,24,29)(H,25,26)(H2,27,28,31)/t15?,16?,18-/m0/s1. The number of para-hydroxylation sites is 2. The number of aromatic nitrogens is 2. The van der Waals surface area contributed by atoms with E-state index >= 15 is 0 Å². The number of aliphatic imine (C=N–C) groups is 1. The van der Waals surface area contributed by atoms with Gasteiger partial charge in [0.05, 0.1) is 50.0 Å². The van der Waals surface area contributed by atoms with Crippen molar-refractivity contribution in [3.63, 3.8) is 0 Å². The maximum atomic E-state index is 12.6. The molecule has 2 unspecified atom stereocenters. The molecular formula is C23H31N7O3. The first kappa shape index (κ1) is 21.7. The van der Waals surface area contributed by atoms with Gasteiger partial charge < -0.3 is 25.4 Å². The number of hydrogen-bond acceptors (Lipinski definition) is 7. The van der Waals surface area contributed by atoms with Crippen LogP contribution >= 0.6 is 0 Å². The Bertz CT molecular complexity index is 1000. The van der Waals surface area contributed by atoms with Crippen molar-refractivity contribution in [3.8, 4) is 5.75 Å². The largest absolute Gasteiger partial charge is 0.495 e. The van der Waals surface area contributed by atoms with Crippen LogP contribution in [0.15, 0.2) is 35.5 Å². The minimum atomic E-state index is -0.372. The lowest BCUT2D eigenvalue weighted by atomic mass is 9.83. The molecule has 3 aliphatic rings. The third kappa shape index (κ3) is 4.96. The summed E-state index contributed by atoms with van der Waals surface area (Å²) >= 11 is 0. The quantitative estimate of drug-likeness (QED) is 0.533. The summed E-state index contributed by atoms with van der Waals surface area (Å²) in [6, 6.07) is 7.48. The smallest absolute Gasteiger partial charge is 0.323 e.